The lowest BCUT2D eigenvalue weighted by Gasteiger charge is -2.29. The van der Waals surface area contributed by atoms with Gasteiger partial charge in [-0.3, -0.25) is 14.5 Å². The van der Waals surface area contributed by atoms with Crippen molar-refractivity contribution in [2.75, 3.05) is 0 Å². The molecular weight excluding hydrogens is 234 g/mol. The maximum Gasteiger partial charge on any atom is 0.262 e. The van der Waals surface area contributed by atoms with Crippen LogP contribution in [0.1, 0.15) is 51.8 Å². The van der Waals surface area contributed by atoms with Gasteiger partial charge in [0.2, 0.25) is 0 Å². The minimum atomic E-state index is -1.37. The summed E-state index contributed by atoms with van der Waals surface area (Å²) in [6.07, 6.45) is 0. The van der Waals surface area contributed by atoms with Crippen molar-refractivity contribution in [2.45, 2.75) is 26.3 Å². The highest BCUT2D eigenvalue weighted by atomic mass is 16.4. The summed E-state index contributed by atoms with van der Waals surface area (Å²) in [4.78, 5) is 36.1. The average molecular weight is 246 g/mol. The van der Waals surface area contributed by atoms with Crippen molar-refractivity contribution < 1.29 is 19.5 Å². The molecule has 2 amide bonds. The monoisotopic (exact) mass is 246 g/mol. The molecule has 1 heterocycles. The van der Waals surface area contributed by atoms with Gasteiger partial charge >= 0.3 is 0 Å². The van der Waals surface area contributed by atoms with Crippen LogP contribution in [0.4, 0.5) is 0 Å². The van der Waals surface area contributed by atoms with Crippen LogP contribution < -0.4 is 5.11 Å². The second-order valence-corrected chi connectivity index (χ2v) is 5.16. The van der Waals surface area contributed by atoms with Crippen molar-refractivity contribution in [3.05, 3.63) is 34.9 Å². The molecule has 0 spiro atoms. The normalized spacial score (nSPS) is 14.9. The van der Waals surface area contributed by atoms with Gasteiger partial charge in [-0.05, 0) is 38.5 Å². The second-order valence-electron chi connectivity index (χ2n) is 5.16. The molecule has 2 rings (SSSR count). The first-order valence-electron chi connectivity index (χ1n) is 5.48. The molecule has 5 nitrogen and oxygen atoms in total. The third-order valence-corrected chi connectivity index (χ3v) is 2.79. The summed E-state index contributed by atoms with van der Waals surface area (Å²) < 4.78 is 0. The smallest absolute Gasteiger partial charge is 0.262 e. The molecule has 0 unspecified atom stereocenters. The zero-order valence-corrected chi connectivity index (χ0v) is 10.3. The van der Waals surface area contributed by atoms with Crippen molar-refractivity contribution in [3.8, 4) is 0 Å². The maximum atomic E-state index is 12.1. The number of amides is 2. The SMILES string of the molecule is CC(C)(C)N1C(=O)c2ccc(C(=O)[O-])cc2C1=O. The first-order valence-corrected chi connectivity index (χ1v) is 5.48. The lowest BCUT2D eigenvalue weighted by atomic mass is 10.1. The fraction of sp³-hybridized carbons (Fsp3) is 0.308. The Morgan fingerprint density at radius 1 is 1.11 bits per heavy atom. The van der Waals surface area contributed by atoms with Crippen LogP contribution in [0, 0.1) is 0 Å². The molecule has 0 radical (unpaired) electrons. The van der Waals surface area contributed by atoms with Crippen LogP contribution in [-0.4, -0.2) is 28.2 Å². The molecule has 1 aliphatic heterocycles. The molecule has 0 N–H and O–H groups in total. The summed E-state index contributed by atoms with van der Waals surface area (Å²) in [5.74, 6) is -2.23. The highest BCUT2D eigenvalue weighted by Gasteiger charge is 2.41. The number of aromatic carboxylic acids is 1. The van der Waals surface area contributed by atoms with E-state index in [2.05, 4.69) is 0 Å². The van der Waals surface area contributed by atoms with E-state index in [1.165, 1.54) is 18.2 Å². The Bertz CT molecular complexity index is 569. The Balaban J connectivity index is 2.56. The predicted octanol–water partition coefficient (Wildman–Crippen LogP) is 0.445. The molecule has 0 aromatic heterocycles. The lowest BCUT2D eigenvalue weighted by Crippen LogP contribution is -2.45. The highest BCUT2D eigenvalue weighted by Crippen LogP contribution is 2.29. The van der Waals surface area contributed by atoms with Crippen molar-refractivity contribution in [2.24, 2.45) is 0 Å². The van der Waals surface area contributed by atoms with E-state index in [1.54, 1.807) is 20.8 Å². The van der Waals surface area contributed by atoms with Crippen LogP contribution in [0.3, 0.4) is 0 Å². The number of fused-ring (bicyclic) bond motifs is 1. The summed E-state index contributed by atoms with van der Waals surface area (Å²) >= 11 is 0. The molecule has 0 atom stereocenters. The molecule has 18 heavy (non-hydrogen) atoms. The van der Waals surface area contributed by atoms with Crippen LogP contribution in [0.15, 0.2) is 18.2 Å². The second kappa shape index (κ2) is 3.66. The van der Waals surface area contributed by atoms with E-state index >= 15 is 0 Å². The minimum Gasteiger partial charge on any atom is -0.545 e. The van der Waals surface area contributed by atoms with E-state index in [-0.39, 0.29) is 16.7 Å². The van der Waals surface area contributed by atoms with Crippen LogP contribution in [0.5, 0.6) is 0 Å². The largest absolute Gasteiger partial charge is 0.545 e. The van der Waals surface area contributed by atoms with Gasteiger partial charge in [0.15, 0.2) is 0 Å². The summed E-state index contributed by atoms with van der Waals surface area (Å²) in [5, 5.41) is 10.7. The zero-order chi connectivity index (χ0) is 13.7. The summed E-state index contributed by atoms with van der Waals surface area (Å²) in [7, 11) is 0. The van der Waals surface area contributed by atoms with Gasteiger partial charge in [0.05, 0.1) is 17.1 Å². The maximum absolute atomic E-state index is 12.1. The first kappa shape index (κ1) is 12.3. The van der Waals surface area contributed by atoms with E-state index in [0.29, 0.717) is 0 Å². The van der Waals surface area contributed by atoms with Gasteiger partial charge in [-0.2, -0.15) is 0 Å². The van der Waals surface area contributed by atoms with E-state index in [9.17, 15) is 19.5 Å². The Morgan fingerprint density at radius 2 is 1.67 bits per heavy atom. The van der Waals surface area contributed by atoms with Crippen molar-refractivity contribution in [3.63, 3.8) is 0 Å². The zero-order valence-electron chi connectivity index (χ0n) is 10.3. The molecule has 1 aromatic rings. The van der Waals surface area contributed by atoms with Crippen molar-refractivity contribution in [1.29, 1.82) is 0 Å². The minimum absolute atomic E-state index is 0.106. The van der Waals surface area contributed by atoms with Gasteiger partial charge in [-0.25, -0.2) is 0 Å². The number of carbonyl (C=O) groups is 3. The number of imide groups is 1. The third kappa shape index (κ3) is 1.68. The fourth-order valence-corrected chi connectivity index (χ4v) is 1.98. The molecule has 0 saturated heterocycles. The standard InChI is InChI=1S/C13H13NO4/c1-13(2,3)14-10(15)8-5-4-7(12(17)18)6-9(8)11(14)16/h4-6H,1-3H3,(H,17,18)/p-1. The number of hydrogen-bond acceptors (Lipinski definition) is 4. The molecule has 1 aromatic carbocycles. The number of carbonyl (C=O) groups excluding carboxylic acids is 3. The van der Waals surface area contributed by atoms with Gasteiger partial charge in [0, 0.05) is 5.54 Å². The summed E-state index contributed by atoms with van der Waals surface area (Å²) in [5.41, 5.74) is -0.392. The Hall–Kier alpha value is -2.17. The Labute approximate surface area is 104 Å². The van der Waals surface area contributed by atoms with Crippen molar-refractivity contribution in [1.82, 2.24) is 4.90 Å². The number of nitrogens with zero attached hydrogens (tertiary/aromatic N) is 1. The highest BCUT2D eigenvalue weighted by molar-refractivity contribution is 6.22. The number of rotatable bonds is 1. The first-order chi connectivity index (χ1) is 8.23. The van der Waals surface area contributed by atoms with Gasteiger partial charge in [-0.15, -0.1) is 0 Å². The van der Waals surface area contributed by atoms with Gasteiger partial charge in [0.1, 0.15) is 0 Å². The average Bonchev–Trinajstić information content (AvgIpc) is 2.50. The van der Waals surface area contributed by atoms with Crippen LogP contribution in [-0.2, 0) is 0 Å². The summed E-state index contributed by atoms with van der Waals surface area (Å²) in [6.45, 7) is 5.23. The van der Waals surface area contributed by atoms with Crippen LogP contribution >= 0.6 is 0 Å². The van der Waals surface area contributed by atoms with E-state index < -0.39 is 23.3 Å². The Kier molecular flexibility index (Phi) is 2.50. The number of hydrogen-bond donors (Lipinski definition) is 0. The molecule has 5 heteroatoms. The molecule has 0 fully saturated rings. The number of carboxylic acid groups (broad SMARTS) is 1. The molecule has 0 saturated carbocycles. The van der Waals surface area contributed by atoms with Crippen LogP contribution in [0.2, 0.25) is 0 Å². The molecule has 1 aliphatic rings. The van der Waals surface area contributed by atoms with Gasteiger partial charge in [0.25, 0.3) is 11.8 Å². The Morgan fingerprint density at radius 3 is 2.17 bits per heavy atom. The van der Waals surface area contributed by atoms with Gasteiger partial charge < -0.3 is 9.90 Å². The predicted molar refractivity (Wildman–Crippen MR) is 61.0 cm³/mol. The number of carboxylic acids is 1. The number of benzene rings is 1. The van der Waals surface area contributed by atoms with E-state index in [0.717, 1.165) is 4.90 Å². The van der Waals surface area contributed by atoms with E-state index in [4.69, 9.17) is 0 Å². The quantitative estimate of drug-likeness (QED) is 0.674. The fourth-order valence-electron chi connectivity index (χ4n) is 1.98. The van der Waals surface area contributed by atoms with Crippen LogP contribution in [0.25, 0.3) is 0 Å². The van der Waals surface area contributed by atoms with E-state index in [1.807, 2.05) is 0 Å². The van der Waals surface area contributed by atoms with Gasteiger partial charge in [-0.1, -0.05) is 6.07 Å². The summed E-state index contributed by atoms with van der Waals surface area (Å²) in [6, 6.07) is 3.81. The van der Waals surface area contributed by atoms with Crippen molar-refractivity contribution >= 4 is 17.8 Å². The molecule has 0 bridgehead atoms. The third-order valence-electron chi connectivity index (χ3n) is 2.79. The molecular formula is C13H12NO4-. The lowest BCUT2D eigenvalue weighted by molar-refractivity contribution is -0.255. The molecule has 0 aliphatic carbocycles. The topological polar surface area (TPSA) is 77.5 Å². The molecule has 94 valence electrons.